The van der Waals surface area contributed by atoms with Crippen LogP contribution >= 0.6 is 12.3 Å². The van der Waals surface area contributed by atoms with Crippen molar-refractivity contribution < 1.29 is 3.89 Å². The minimum Gasteiger partial charge on any atom is -0.242 e. The van der Waals surface area contributed by atoms with E-state index in [1.807, 2.05) is 38.1 Å². The van der Waals surface area contributed by atoms with E-state index in [2.05, 4.69) is 4.98 Å². The summed E-state index contributed by atoms with van der Waals surface area (Å²) in [5.74, 6) is 0.684. The molecule has 1 aromatic heterocycles. The lowest BCUT2D eigenvalue weighted by molar-refractivity contribution is 0.911. The molecule has 0 fully saturated rings. The van der Waals surface area contributed by atoms with E-state index in [1.165, 1.54) is 3.97 Å². The lowest BCUT2D eigenvalue weighted by Gasteiger charge is -1.94. The third-order valence-electron chi connectivity index (χ3n) is 1.75. The van der Waals surface area contributed by atoms with Gasteiger partial charge in [0.1, 0.15) is 5.82 Å². The van der Waals surface area contributed by atoms with Crippen molar-refractivity contribution in [1.82, 2.24) is 8.96 Å². The summed E-state index contributed by atoms with van der Waals surface area (Å²) in [7, 11) is 0. The fourth-order valence-corrected chi connectivity index (χ4v) is 1.58. The second kappa shape index (κ2) is 5.00. The van der Waals surface area contributed by atoms with Crippen LogP contribution in [0.4, 0.5) is 3.89 Å². The standard InChI is InChI=1S/C8H7FN2S.C2H6/c1-6-10-7-4-2-3-5-8(7)11(6)12-9;1-2/h2-5H,1H3;1-2H3. The SMILES string of the molecule is CC.Cc1nc2ccccc2n1SF. The third kappa shape index (κ3) is 1.90. The zero-order valence-corrected chi connectivity index (χ0v) is 9.31. The van der Waals surface area contributed by atoms with Gasteiger partial charge in [0, 0.05) is 0 Å². The highest BCUT2D eigenvalue weighted by molar-refractivity contribution is 7.92. The first-order valence-electron chi connectivity index (χ1n) is 4.56. The van der Waals surface area contributed by atoms with Gasteiger partial charge in [0.2, 0.25) is 0 Å². The van der Waals surface area contributed by atoms with E-state index < -0.39 is 0 Å². The molecule has 4 heteroatoms. The van der Waals surface area contributed by atoms with Crippen molar-refractivity contribution in [3.63, 3.8) is 0 Å². The largest absolute Gasteiger partial charge is 0.242 e. The molecule has 0 N–H and O–H groups in total. The van der Waals surface area contributed by atoms with Crippen LogP contribution in [0.1, 0.15) is 19.7 Å². The van der Waals surface area contributed by atoms with Gasteiger partial charge in [-0.05, 0) is 19.1 Å². The van der Waals surface area contributed by atoms with Gasteiger partial charge in [-0.15, -0.1) is 3.89 Å². The van der Waals surface area contributed by atoms with E-state index >= 15 is 0 Å². The molecule has 1 aromatic carbocycles. The van der Waals surface area contributed by atoms with Crippen molar-refractivity contribution in [2.45, 2.75) is 20.8 Å². The number of hydrogen-bond acceptors (Lipinski definition) is 2. The smallest absolute Gasteiger partial charge is 0.171 e. The van der Waals surface area contributed by atoms with E-state index in [9.17, 15) is 3.89 Å². The molecular formula is C10H13FN2S. The van der Waals surface area contributed by atoms with Gasteiger partial charge in [-0.2, -0.15) is 0 Å². The number of rotatable bonds is 1. The average molecular weight is 212 g/mol. The molecule has 0 atom stereocenters. The van der Waals surface area contributed by atoms with Gasteiger partial charge in [0.15, 0.2) is 12.3 Å². The van der Waals surface area contributed by atoms with Crippen LogP contribution in [0.2, 0.25) is 0 Å². The summed E-state index contributed by atoms with van der Waals surface area (Å²) >= 11 is 0.186. The lowest BCUT2D eigenvalue weighted by Crippen LogP contribution is -1.85. The summed E-state index contributed by atoms with van der Waals surface area (Å²) in [4.78, 5) is 4.19. The van der Waals surface area contributed by atoms with E-state index in [-0.39, 0.29) is 12.3 Å². The number of aromatic nitrogens is 2. The van der Waals surface area contributed by atoms with Crippen LogP contribution in [0, 0.1) is 6.92 Å². The van der Waals surface area contributed by atoms with Crippen molar-refractivity contribution >= 4 is 23.4 Å². The molecule has 0 unspecified atom stereocenters. The zero-order chi connectivity index (χ0) is 10.6. The van der Waals surface area contributed by atoms with Gasteiger partial charge < -0.3 is 0 Å². The fourth-order valence-electron chi connectivity index (χ4n) is 1.21. The van der Waals surface area contributed by atoms with Gasteiger partial charge in [-0.1, -0.05) is 26.0 Å². The Hall–Kier alpha value is -1.03. The molecule has 0 radical (unpaired) electrons. The molecule has 0 aliphatic carbocycles. The number of nitrogens with zero attached hydrogens (tertiary/aromatic N) is 2. The van der Waals surface area contributed by atoms with E-state index in [4.69, 9.17) is 0 Å². The predicted molar refractivity (Wildman–Crippen MR) is 59.9 cm³/mol. The monoisotopic (exact) mass is 212 g/mol. The van der Waals surface area contributed by atoms with E-state index in [0.717, 1.165) is 11.0 Å². The molecule has 0 amide bonds. The predicted octanol–water partition coefficient (Wildman–Crippen LogP) is 3.75. The van der Waals surface area contributed by atoms with Crippen molar-refractivity contribution in [2.24, 2.45) is 0 Å². The molecule has 0 saturated carbocycles. The summed E-state index contributed by atoms with van der Waals surface area (Å²) < 4.78 is 13.9. The molecule has 0 bridgehead atoms. The van der Waals surface area contributed by atoms with Gasteiger partial charge in [-0.25, -0.2) is 8.96 Å². The second-order valence-corrected chi connectivity index (χ2v) is 3.01. The Morgan fingerprint density at radius 2 is 1.93 bits per heavy atom. The number of halogens is 1. The van der Waals surface area contributed by atoms with Crippen molar-refractivity contribution in [1.29, 1.82) is 0 Å². The molecule has 0 spiro atoms. The quantitative estimate of drug-likeness (QED) is 0.716. The summed E-state index contributed by atoms with van der Waals surface area (Å²) in [5.41, 5.74) is 1.66. The normalized spacial score (nSPS) is 9.71. The van der Waals surface area contributed by atoms with Crippen molar-refractivity contribution in [2.75, 3.05) is 0 Å². The van der Waals surface area contributed by atoms with Crippen molar-refractivity contribution in [3.8, 4) is 0 Å². The average Bonchev–Trinajstić information content (AvgIpc) is 2.56. The van der Waals surface area contributed by atoms with Crippen LogP contribution in [0.3, 0.4) is 0 Å². The van der Waals surface area contributed by atoms with Crippen LogP contribution in [-0.4, -0.2) is 8.96 Å². The summed E-state index contributed by atoms with van der Waals surface area (Å²) in [6, 6.07) is 7.48. The van der Waals surface area contributed by atoms with Gasteiger partial charge in [0.05, 0.1) is 11.0 Å². The molecule has 14 heavy (non-hydrogen) atoms. The molecule has 0 aliphatic heterocycles. The van der Waals surface area contributed by atoms with Gasteiger partial charge >= 0.3 is 0 Å². The topological polar surface area (TPSA) is 17.8 Å². The third-order valence-corrected chi connectivity index (χ3v) is 2.34. The lowest BCUT2D eigenvalue weighted by atomic mass is 10.3. The van der Waals surface area contributed by atoms with E-state index in [0.29, 0.717) is 5.82 Å². The maximum Gasteiger partial charge on any atom is 0.171 e. The molecule has 0 aliphatic rings. The van der Waals surface area contributed by atoms with Crippen LogP contribution in [0.15, 0.2) is 24.3 Å². The first-order chi connectivity index (χ1) is 6.83. The molecule has 2 rings (SSSR count). The Morgan fingerprint density at radius 3 is 2.57 bits per heavy atom. The Bertz CT molecular complexity index is 411. The zero-order valence-electron chi connectivity index (χ0n) is 8.49. The highest BCUT2D eigenvalue weighted by Crippen LogP contribution is 2.21. The number of aryl methyl sites for hydroxylation is 1. The molecular weight excluding hydrogens is 199 g/mol. The number of hydrogen-bond donors (Lipinski definition) is 0. The number of fused-ring (bicyclic) bond motifs is 1. The Morgan fingerprint density at radius 1 is 1.29 bits per heavy atom. The Balaban J connectivity index is 0.000000461. The van der Waals surface area contributed by atoms with Crippen molar-refractivity contribution in [3.05, 3.63) is 30.1 Å². The Kier molecular flexibility index (Phi) is 3.95. The molecule has 2 nitrogen and oxygen atoms in total. The summed E-state index contributed by atoms with van der Waals surface area (Å²) in [6.07, 6.45) is 0. The van der Waals surface area contributed by atoms with Crippen LogP contribution in [0.25, 0.3) is 11.0 Å². The first kappa shape index (κ1) is 11.0. The summed E-state index contributed by atoms with van der Waals surface area (Å²) in [6.45, 7) is 5.78. The van der Waals surface area contributed by atoms with Gasteiger partial charge in [-0.3, -0.25) is 0 Å². The minimum atomic E-state index is 0.186. The highest BCUT2D eigenvalue weighted by Gasteiger charge is 2.05. The maximum absolute atomic E-state index is 12.4. The maximum atomic E-state index is 12.4. The Labute approximate surface area is 87.6 Å². The molecule has 76 valence electrons. The number of benzene rings is 1. The van der Waals surface area contributed by atoms with E-state index in [1.54, 1.807) is 6.92 Å². The highest BCUT2D eigenvalue weighted by atomic mass is 32.2. The number of para-hydroxylation sites is 2. The van der Waals surface area contributed by atoms with Gasteiger partial charge in [0.25, 0.3) is 0 Å². The van der Waals surface area contributed by atoms with Crippen LogP contribution < -0.4 is 0 Å². The van der Waals surface area contributed by atoms with Crippen LogP contribution in [0.5, 0.6) is 0 Å². The minimum absolute atomic E-state index is 0.186. The molecule has 2 aromatic rings. The molecule has 1 heterocycles. The fraction of sp³-hybridized carbons (Fsp3) is 0.300. The number of imidazole rings is 1. The second-order valence-electron chi connectivity index (χ2n) is 2.51. The molecule has 0 saturated heterocycles. The summed E-state index contributed by atoms with van der Waals surface area (Å²) in [5, 5.41) is 0. The first-order valence-corrected chi connectivity index (χ1v) is 5.23. The van der Waals surface area contributed by atoms with Crippen LogP contribution in [-0.2, 0) is 0 Å².